The Bertz CT molecular complexity index is 227. The fourth-order valence-electron chi connectivity index (χ4n) is 0.809. The molecule has 0 spiro atoms. The first-order valence-corrected chi connectivity index (χ1v) is 4.22. The lowest BCUT2D eigenvalue weighted by Crippen LogP contribution is -1.83. The van der Waals surface area contributed by atoms with E-state index in [1.54, 1.807) is 0 Å². The van der Waals surface area contributed by atoms with Crippen LogP contribution < -0.4 is 0 Å². The van der Waals surface area contributed by atoms with E-state index in [1.165, 1.54) is 5.57 Å². The fourth-order valence-corrected chi connectivity index (χ4v) is 0.809. The monoisotopic (exact) mass is 159 g/mol. The van der Waals surface area contributed by atoms with E-state index in [-0.39, 0.29) is 0 Å². The highest BCUT2D eigenvalue weighted by Gasteiger charge is 1.88. The third-order valence-electron chi connectivity index (χ3n) is 1.64. The summed E-state index contributed by atoms with van der Waals surface area (Å²) in [5.41, 5.74) is 5.23. The molecule has 0 bridgehead atoms. The lowest BCUT2D eigenvalue weighted by molar-refractivity contribution is 1.43. The van der Waals surface area contributed by atoms with Crippen molar-refractivity contribution in [2.75, 3.05) is 0 Å². The summed E-state index contributed by atoms with van der Waals surface area (Å²) in [5, 5.41) is 0. The minimum atomic E-state index is 1.03. The quantitative estimate of drug-likeness (QED) is 0.335. The van der Waals surface area contributed by atoms with Gasteiger partial charge in [-0.15, -0.1) is 5.73 Å². The fraction of sp³-hybridized carbons (Fsp3) is 0.364. The topological polar surface area (TPSA) is 0 Å². The van der Waals surface area contributed by atoms with Crippen molar-refractivity contribution in [3.63, 3.8) is 0 Å². The zero-order chi connectivity index (χ0) is 9.40. The molecule has 0 nitrogen and oxygen atoms in total. The lowest BCUT2D eigenvalue weighted by Gasteiger charge is -1.95. The third kappa shape index (κ3) is 4.82. The summed E-state index contributed by atoms with van der Waals surface area (Å²) >= 11 is 0. The molecule has 0 amide bonds. The molecule has 0 atom stereocenters. The molecule has 0 aliphatic carbocycles. The Balaban J connectivity index is 4.21. The van der Waals surface area contributed by atoms with E-state index in [9.17, 15) is 0 Å². The molecule has 0 heterocycles. The van der Waals surface area contributed by atoms with Crippen LogP contribution in [0.2, 0.25) is 13.1 Å². The van der Waals surface area contributed by atoms with Crippen LogP contribution in [-0.2, 0) is 0 Å². The van der Waals surface area contributed by atoms with Crippen LogP contribution in [0.3, 0.4) is 0 Å². The van der Waals surface area contributed by atoms with Crippen LogP contribution >= 0.6 is 0 Å². The van der Waals surface area contributed by atoms with Gasteiger partial charge >= 0.3 is 0 Å². The molecule has 0 aliphatic heterocycles. The van der Waals surface area contributed by atoms with Gasteiger partial charge in [-0.1, -0.05) is 43.5 Å². The molecular weight excluding hydrogens is 143 g/mol. The zero-order valence-corrected chi connectivity index (χ0v) is 8.22. The molecule has 0 aliphatic rings. The van der Waals surface area contributed by atoms with Crippen molar-refractivity contribution in [3.05, 3.63) is 41.7 Å². The molecule has 0 N–H and O–H groups in total. The Morgan fingerprint density at radius 2 is 2.17 bits per heavy atom. The minimum absolute atomic E-state index is 1.03. The van der Waals surface area contributed by atoms with Gasteiger partial charge in [0.25, 0.3) is 0 Å². The zero-order valence-electron chi connectivity index (χ0n) is 8.22. The van der Waals surface area contributed by atoms with E-state index in [0.29, 0.717) is 0 Å². The summed E-state index contributed by atoms with van der Waals surface area (Å²) in [5.74, 6) is 0. The van der Waals surface area contributed by atoms with Gasteiger partial charge in [0.1, 0.15) is 7.28 Å². The SMILES string of the molecule is C=C=C(C)/C=C\C(=C/C)C[B]C. The second-order valence-corrected chi connectivity index (χ2v) is 2.67. The summed E-state index contributed by atoms with van der Waals surface area (Å²) in [7, 11) is 2.15. The maximum absolute atomic E-state index is 3.57. The molecule has 1 radical (unpaired) electrons. The predicted octanol–water partition coefficient (Wildman–Crippen LogP) is 3.39. The summed E-state index contributed by atoms with van der Waals surface area (Å²) < 4.78 is 0. The molecule has 0 aromatic carbocycles. The van der Waals surface area contributed by atoms with E-state index < -0.39 is 0 Å². The van der Waals surface area contributed by atoms with Crippen molar-refractivity contribution in [3.8, 4) is 0 Å². The highest BCUT2D eigenvalue weighted by atomic mass is 13.9. The number of allylic oxidation sites excluding steroid dienone is 5. The molecule has 0 saturated carbocycles. The van der Waals surface area contributed by atoms with Gasteiger partial charge in [0.05, 0.1) is 0 Å². The second kappa shape index (κ2) is 6.76. The highest BCUT2D eigenvalue weighted by Crippen LogP contribution is 2.05. The van der Waals surface area contributed by atoms with Gasteiger partial charge in [-0.25, -0.2) is 0 Å². The average molecular weight is 159 g/mol. The second-order valence-electron chi connectivity index (χ2n) is 2.67. The van der Waals surface area contributed by atoms with E-state index in [2.05, 4.69) is 45.5 Å². The Hall–Kier alpha value is -0.935. The van der Waals surface area contributed by atoms with Crippen LogP contribution in [0, 0.1) is 0 Å². The van der Waals surface area contributed by atoms with Crippen LogP contribution in [0.5, 0.6) is 0 Å². The first-order valence-electron chi connectivity index (χ1n) is 4.22. The Labute approximate surface area is 76.6 Å². The molecule has 0 saturated heterocycles. The van der Waals surface area contributed by atoms with Crippen molar-refractivity contribution in [1.82, 2.24) is 0 Å². The normalized spacial score (nSPS) is 11.4. The van der Waals surface area contributed by atoms with Gasteiger partial charge in [0, 0.05) is 0 Å². The van der Waals surface area contributed by atoms with E-state index in [4.69, 9.17) is 0 Å². The first-order chi connectivity index (χ1) is 5.74. The molecular formula is C11H16B. The van der Waals surface area contributed by atoms with Crippen molar-refractivity contribution in [1.29, 1.82) is 0 Å². The van der Waals surface area contributed by atoms with E-state index >= 15 is 0 Å². The van der Waals surface area contributed by atoms with Crippen LogP contribution in [0.25, 0.3) is 0 Å². The highest BCUT2D eigenvalue weighted by molar-refractivity contribution is 6.34. The van der Waals surface area contributed by atoms with Gasteiger partial charge in [0.15, 0.2) is 0 Å². The predicted molar refractivity (Wildman–Crippen MR) is 57.6 cm³/mol. The van der Waals surface area contributed by atoms with E-state index in [1.807, 2.05) is 13.0 Å². The largest absolute Gasteiger partial charge is 0.125 e. The molecule has 0 unspecified atom stereocenters. The molecule has 0 rings (SSSR count). The molecule has 0 aromatic rings. The number of hydrogen-bond acceptors (Lipinski definition) is 0. The smallest absolute Gasteiger partial charge is 0.111 e. The van der Waals surface area contributed by atoms with Crippen LogP contribution in [-0.4, -0.2) is 7.28 Å². The molecule has 1 heteroatoms. The molecule has 0 aromatic heterocycles. The van der Waals surface area contributed by atoms with Crippen LogP contribution in [0.4, 0.5) is 0 Å². The van der Waals surface area contributed by atoms with Crippen molar-refractivity contribution < 1.29 is 0 Å². The average Bonchev–Trinajstić information content (AvgIpc) is 2.11. The van der Waals surface area contributed by atoms with E-state index in [0.717, 1.165) is 11.9 Å². The Morgan fingerprint density at radius 3 is 2.58 bits per heavy atom. The minimum Gasteiger partial charge on any atom is -0.125 e. The molecule has 0 fully saturated rings. The Morgan fingerprint density at radius 1 is 1.50 bits per heavy atom. The van der Waals surface area contributed by atoms with Gasteiger partial charge in [-0.3, -0.25) is 0 Å². The van der Waals surface area contributed by atoms with Gasteiger partial charge in [0.2, 0.25) is 0 Å². The maximum atomic E-state index is 3.57. The number of hydrogen-bond donors (Lipinski definition) is 0. The Kier molecular flexibility index (Phi) is 6.23. The van der Waals surface area contributed by atoms with Gasteiger partial charge in [-0.2, -0.15) is 0 Å². The van der Waals surface area contributed by atoms with Crippen LogP contribution in [0.1, 0.15) is 13.8 Å². The summed E-state index contributed by atoms with van der Waals surface area (Å²) in [6, 6.07) is 0. The van der Waals surface area contributed by atoms with Gasteiger partial charge in [-0.05, 0) is 19.4 Å². The maximum Gasteiger partial charge on any atom is 0.111 e. The summed E-state index contributed by atoms with van der Waals surface area (Å²) in [4.78, 5) is 0. The summed E-state index contributed by atoms with van der Waals surface area (Å²) in [6.07, 6.45) is 7.28. The standard InChI is InChI=1S/C11H16B/c1-5-10(3)7-8-11(6-2)9-12-4/h6-8H,1,9H2,2-4H3/b8-7-,11-6+. The van der Waals surface area contributed by atoms with Gasteiger partial charge < -0.3 is 0 Å². The van der Waals surface area contributed by atoms with Crippen molar-refractivity contribution in [2.24, 2.45) is 0 Å². The number of rotatable bonds is 4. The lowest BCUT2D eigenvalue weighted by atomic mass is 9.74. The molecule has 12 heavy (non-hydrogen) atoms. The van der Waals surface area contributed by atoms with Crippen LogP contribution in [0.15, 0.2) is 41.7 Å². The summed E-state index contributed by atoms with van der Waals surface area (Å²) in [6.45, 7) is 9.68. The molecule has 63 valence electrons. The first kappa shape index (κ1) is 11.1. The van der Waals surface area contributed by atoms with Crippen molar-refractivity contribution >= 4 is 7.28 Å². The van der Waals surface area contributed by atoms with Crippen molar-refractivity contribution in [2.45, 2.75) is 27.0 Å². The third-order valence-corrected chi connectivity index (χ3v) is 1.64.